The van der Waals surface area contributed by atoms with Crippen molar-refractivity contribution in [2.24, 2.45) is 22.2 Å². The molecule has 3 rings (SSSR count). The van der Waals surface area contributed by atoms with Gasteiger partial charge in [0.2, 0.25) is 0 Å². The second kappa shape index (κ2) is 4.46. The van der Waals surface area contributed by atoms with Gasteiger partial charge >= 0.3 is 0 Å². The Morgan fingerprint density at radius 1 is 1.05 bits per heavy atom. The van der Waals surface area contributed by atoms with E-state index in [0.29, 0.717) is 34.4 Å². The fourth-order valence-corrected chi connectivity index (χ4v) is 5.35. The van der Waals surface area contributed by atoms with Crippen molar-refractivity contribution in [3.63, 3.8) is 0 Å². The fourth-order valence-electron chi connectivity index (χ4n) is 5.35. The summed E-state index contributed by atoms with van der Waals surface area (Å²) in [6.07, 6.45) is 5.87. The highest BCUT2D eigenvalue weighted by molar-refractivity contribution is 5.15. The van der Waals surface area contributed by atoms with Gasteiger partial charge in [-0.1, -0.05) is 34.6 Å². The number of hydrogen-bond acceptors (Lipinski definition) is 2. The lowest BCUT2D eigenvalue weighted by molar-refractivity contribution is -0.120. The van der Waals surface area contributed by atoms with Crippen molar-refractivity contribution in [2.45, 2.75) is 85.4 Å². The maximum atomic E-state index is 5.88. The summed E-state index contributed by atoms with van der Waals surface area (Å²) in [5.74, 6) is 0.927. The normalized spacial score (nSPS) is 48.3. The average Bonchev–Trinajstić information content (AvgIpc) is 2.70. The van der Waals surface area contributed by atoms with Crippen LogP contribution in [-0.4, -0.2) is 24.8 Å². The van der Waals surface area contributed by atoms with Crippen molar-refractivity contribution < 1.29 is 4.74 Å². The van der Waals surface area contributed by atoms with Gasteiger partial charge in [-0.25, -0.2) is 0 Å². The van der Waals surface area contributed by atoms with E-state index in [0.717, 1.165) is 12.5 Å². The van der Waals surface area contributed by atoms with E-state index in [-0.39, 0.29) is 0 Å². The summed E-state index contributed by atoms with van der Waals surface area (Å²) in [6, 6.07) is 1.35. The molecule has 2 bridgehead atoms. The van der Waals surface area contributed by atoms with Crippen LogP contribution in [0.3, 0.4) is 0 Å². The van der Waals surface area contributed by atoms with Gasteiger partial charge in [0.15, 0.2) is 0 Å². The summed E-state index contributed by atoms with van der Waals surface area (Å²) in [7, 11) is 0. The Morgan fingerprint density at radius 2 is 1.75 bits per heavy atom. The lowest BCUT2D eigenvalue weighted by Crippen LogP contribution is -2.64. The standard InChI is InChI=1S/C18H33NO/c1-7-20-15-11-13(16(15,2)3)19-14-10-12-8-9-18(14,6)17(12,4)5/h12-15,19H,7-11H2,1-6H3. The van der Waals surface area contributed by atoms with Gasteiger partial charge in [0, 0.05) is 24.1 Å². The topological polar surface area (TPSA) is 21.3 Å². The Bertz CT molecular complexity index is 389. The largest absolute Gasteiger partial charge is 0.378 e. The van der Waals surface area contributed by atoms with Gasteiger partial charge in [-0.15, -0.1) is 0 Å². The molecule has 0 spiro atoms. The highest BCUT2D eigenvalue weighted by Gasteiger charge is 2.62. The van der Waals surface area contributed by atoms with E-state index in [1.165, 1.54) is 25.7 Å². The molecular weight excluding hydrogens is 246 g/mol. The SMILES string of the molecule is CCOC1CC(NC2CC3CCC2(C)C3(C)C)C1(C)C. The van der Waals surface area contributed by atoms with E-state index in [4.69, 9.17) is 4.74 Å². The van der Waals surface area contributed by atoms with E-state index in [1.807, 2.05) is 0 Å². The molecule has 3 fully saturated rings. The van der Waals surface area contributed by atoms with Crippen LogP contribution in [-0.2, 0) is 4.74 Å². The molecule has 0 aliphatic heterocycles. The minimum absolute atomic E-state index is 0.290. The van der Waals surface area contributed by atoms with Crippen LogP contribution < -0.4 is 5.32 Å². The first kappa shape index (κ1) is 14.8. The first-order valence-electron chi connectivity index (χ1n) is 8.61. The Labute approximate surface area is 125 Å². The zero-order chi connectivity index (χ0) is 14.8. The van der Waals surface area contributed by atoms with Crippen LogP contribution in [0.2, 0.25) is 0 Å². The van der Waals surface area contributed by atoms with Gasteiger partial charge in [0.1, 0.15) is 0 Å². The molecule has 0 heterocycles. The van der Waals surface area contributed by atoms with Crippen molar-refractivity contribution >= 4 is 0 Å². The van der Waals surface area contributed by atoms with Gasteiger partial charge < -0.3 is 10.1 Å². The second-order valence-corrected chi connectivity index (χ2v) is 8.88. The summed E-state index contributed by atoms with van der Waals surface area (Å²) < 4.78 is 5.88. The molecule has 0 amide bonds. The van der Waals surface area contributed by atoms with E-state index >= 15 is 0 Å². The van der Waals surface area contributed by atoms with Gasteiger partial charge in [-0.05, 0) is 49.4 Å². The molecule has 2 heteroatoms. The first-order valence-corrected chi connectivity index (χ1v) is 8.61. The van der Waals surface area contributed by atoms with Crippen LogP contribution in [0, 0.1) is 22.2 Å². The highest BCUT2D eigenvalue weighted by atomic mass is 16.5. The summed E-state index contributed by atoms with van der Waals surface area (Å²) in [5, 5.41) is 4.04. The quantitative estimate of drug-likeness (QED) is 0.840. The predicted octanol–water partition coefficient (Wildman–Crippen LogP) is 3.99. The molecule has 0 aromatic carbocycles. The third kappa shape index (κ3) is 1.76. The molecule has 0 aromatic heterocycles. The first-order chi connectivity index (χ1) is 9.23. The number of fused-ring (bicyclic) bond motifs is 2. The monoisotopic (exact) mass is 279 g/mol. The van der Waals surface area contributed by atoms with Gasteiger partial charge in [0.25, 0.3) is 0 Å². The zero-order valence-electron chi connectivity index (χ0n) is 14.3. The van der Waals surface area contributed by atoms with Gasteiger partial charge in [-0.3, -0.25) is 0 Å². The molecule has 2 nitrogen and oxygen atoms in total. The Morgan fingerprint density at radius 3 is 2.20 bits per heavy atom. The molecule has 3 aliphatic rings. The molecule has 0 saturated heterocycles. The highest BCUT2D eigenvalue weighted by Crippen LogP contribution is 2.65. The van der Waals surface area contributed by atoms with Crippen molar-refractivity contribution in [3.05, 3.63) is 0 Å². The van der Waals surface area contributed by atoms with Crippen LogP contribution in [0.4, 0.5) is 0 Å². The fraction of sp³-hybridized carbons (Fsp3) is 1.00. The molecule has 5 unspecified atom stereocenters. The molecule has 0 aromatic rings. The van der Waals surface area contributed by atoms with Crippen LogP contribution >= 0.6 is 0 Å². The van der Waals surface area contributed by atoms with Crippen molar-refractivity contribution in [1.82, 2.24) is 5.32 Å². The summed E-state index contributed by atoms with van der Waals surface area (Å²) in [5.41, 5.74) is 1.29. The molecule has 3 aliphatic carbocycles. The number of nitrogens with one attached hydrogen (secondary N) is 1. The summed E-state index contributed by atoms with van der Waals surface area (Å²) in [4.78, 5) is 0. The van der Waals surface area contributed by atoms with Crippen molar-refractivity contribution in [2.75, 3.05) is 6.61 Å². The van der Waals surface area contributed by atoms with E-state index in [1.54, 1.807) is 0 Å². The molecule has 1 N–H and O–H groups in total. The van der Waals surface area contributed by atoms with Crippen molar-refractivity contribution in [1.29, 1.82) is 0 Å². The lowest BCUT2D eigenvalue weighted by atomic mass is 9.63. The molecular formula is C18H33NO. The smallest absolute Gasteiger partial charge is 0.0655 e. The Balaban J connectivity index is 1.67. The van der Waals surface area contributed by atoms with Gasteiger partial charge in [-0.2, -0.15) is 0 Å². The van der Waals surface area contributed by atoms with Crippen LogP contribution in [0.15, 0.2) is 0 Å². The van der Waals surface area contributed by atoms with E-state index < -0.39 is 0 Å². The van der Waals surface area contributed by atoms with Crippen LogP contribution in [0.1, 0.15) is 67.2 Å². The van der Waals surface area contributed by atoms with Crippen LogP contribution in [0.25, 0.3) is 0 Å². The third-order valence-electron chi connectivity index (χ3n) is 7.74. The maximum absolute atomic E-state index is 5.88. The summed E-state index contributed by atoms with van der Waals surface area (Å²) >= 11 is 0. The van der Waals surface area contributed by atoms with Crippen LogP contribution in [0.5, 0.6) is 0 Å². The minimum Gasteiger partial charge on any atom is -0.378 e. The zero-order valence-corrected chi connectivity index (χ0v) is 14.3. The molecule has 3 saturated carbocycles. The van der Waals surface area contributed by atoms with Gasteiger partial charge in [0.05, 0.1) is 6.10 Å². The molecule has 20 heavy (non-hydrogen) atoms. The van der Waals surface area contributed by atoms with E-state index in [2.05, 4.69) is 46.9 Å². The third-order valence-corrected chi connectivity index (χ3v) is 7.74. The molecule has 0 radical (unpaired) electrons. The second-order valence-electron chi connectivity index (χ2n) is 8.88. The van der Waals surface area contributed by atoms with Crippen molar-refractivity contribution in [3.8, 4) is 0 Å². The predicted molar refractivity (Wildman–Crippen MR) is 83.8 cm³/mol. The van der Waals surface area contributed by atoms with E-state index in [9.17, 15) is 0 Å². The minimum atomic E-state index is 0.290. The average molecular weight is 279 g/mol. The Hall–Kier alpha value is -0.0800. The summed E-state index contributed by atoms with van der Waals surface area (Å²) in [6.45, 7) is 15.2. The Kier molecular flexibility index (Phi) is 3.31. The lowest BCUT2D eigenvalue weighted by Gasteiger charge is -2.54. The number of ether oxygens (including phenoxy) is 1. The number of rotatable bonds is 4. The molecule has 116 valence electrons. The number of hydrogen-bond donors (Lipinski definition) is 1. The maximum Gasteiger partial charge on any atom is 0.0655 e. The molecule has 5 atom stereocenters.